The van der Waals surface area contributed by atoms with Crippen LogP contribution in [0.15, 0.2) is 21.9 Å². The molecular formula is C7H11N3O. The van der Waals surface area contributed by atoms with Crippen LogP contribution in [0.1, 0.15) is 13.8 Å². The fourth-order valence-electron chi connectivity index (χ4n) is 0.881. The van der Waals surface area contributed by atoms with Crippen molar-refractivity contribution in [3.8, 4) is 0 Å². The van der Waals surface area contributed by atoms with Crippen molar-refractivity contribution in [2.75, 3.05) is 6.67 Å². The summed E-state index contributed by atoms with van der Waals surface area (Å²) >= 11 is 0. The van der Waals surface area contributed by atoms with Gasteiger partial charge in [-0.1, -0.05) is 5.18 Å². The van der Waals surface area contributed by atoms with Crippen molar-refractivity contribution in [1.29, 1.82) is 0 Å². The van der Waals surface area contributed by atoms with Gasteiger partial charge in [-0.15, -0.1) is 0 Å². The third kappa shape index (κ3) is 1.86. The van der Waals surface area contributed by atoms with E-state index in [4.69, 9.17) is 0 Å². The first-order valence-electron chi connectivity index (χ1n) is 3.53. The molecule has 0 bridgehead atoms. The molecule has 4 nitrogen and oxygen atoms in total. The Balaban J connectivity index is 2.72. The smallest absolute Gasteiger partial charge is 0.131 e. The number of nitrogens with one attached hydrogen (secondary N) is 1. The lowest BCUT2D eigenvalue weighted by Crippen LogP contribution is -2.23. The number of aliphatic imine (C=N–C) groups is 1. The molecular weight excluding hydrogens is 142 g/mol. The highest BCUT2D eigenvalue weighted by molar-refractivity contribution is 5.99. The number of nitrogens with zero attached hydrogens (tertiary/aromatic N) is 2. The molecule has 0 spiro atoms. The van der Waals surface area contributed by atoms with Gasteiger partial charge in [0.1, 0.15) is 12.7 Å². The second-order valence-corrected chi connectivity index (χ2v) is 2.53. The molecule has 0 radical (unpaired) electrons. The molecule has 1 aliphatic rings. The number of rotatable bonds is 2. The van der Waals surface area contributed by atoms with Gasteiger partial charge in [0.05, 0.1) is 5.71 Å². The summed E-state index contributed by atoms with van der Waals surface area (Å²) in [6.45, 7) is 4.23. The van der Waals surface area contributed by atoms with Crippen LogP contribution in [0.25, 0.3) is 0 Å². The van der Waals surface area contributed by atoms with Crippen molar-refractivity contribution >= 4 is 5.71 Å². The van der Waals surface area contributed by atoms with Crippen LogP contribution >= 0.6 is 0 Å². The number of allylic oxidation sites excluding steroid dienone is 1. The molecule has 0 aliphatic carbocycles. The predicted molar refractivity (Wildman–Crippen MR) is 44.5 cm³/mol. The molecule has 0 aromatic heterocycles. The average Bonchev–Trinajstić information content (AvgIpc) is 2.03. The largest absolute Gasteiger partial charge is 0.370 e. The molecule has 60 valence electrons. The topological polar surface area (TPSA) is 53.8 Å². The van der Waals surface area contributed by atoms with Crippen LogP contribution in [0.2, 0.25) is 0 Å². The van der Waals surface area contributed by atoms with Crippen LogP contribution in [-0.2, 0) is 0 Å². The summed E-state index contributed by atoms with van der Waals surface area (Å²) in [4.78, 5) is 14.2. The van der Waals surface area contributed by atoms with Crippen LogP contribution in [0.4, 0.5) is 0 Å². The fourth-order valence-corrected chi connectivity index (χ4v) is 0.881. The van der Waals surface area contributed by atoms with E-state index < -0.39 is 0 Å². The van der Waals surface area contributed by atoms with Gasteiger partial charge in [-0.3, -0.25) is 4.99 Å². The lowest BCUT2D eigenvalue weighted by atomic mass is 10.1. The highest BCUT2D eigenvalue weighted by Crippen LogP contribution is 2.02. The first kappa shape index (κ1) is 7.91. The standard InChI is InChI=1S/C7H11N3O/c1-5-3-7(6(2)10-11)9-4-8-5/h3,6,8H,4H2,1-2H3. The summed E-state index contributed by atoms with van der Waals surface area (Å²) in [7, 11) is 0. The number of hydrogen-bond acceptors (Lipinski definition) is 4. The van der Waals surface area contributed by atoms with Gasteiger partial charge in [0, 0.05) is 5.70 Å². The highest BCUT2D eigenvalue weighted by atomic mass is 16.3. The Morgan fingerprint density at radius 1 is 1.82 bits per heavy atom. The Hall–Kier alpha value is -1.19. The van der Waals surface area contributed by atoms with Gasteiger partial charge >= 0.3 is 0 Å². The zero-order chi connectivity index (χ0) is 8.27. The minimum atomic E-state index is -0.327. The van der Waals surface area contributed by atoms with Gasteiger partial charge in [-0.25, -0.2) is 0 Å². The monoisotopic (exact) mass is 153 g/mol. The summed E-state index contributed by atoms with van der Waals surface area (Å²) in [6, 6.07) is -0.327. The maximum atomic E-state index is 10.1. The van der Waals surface area contributed by atoms with Crippen LogP contribution in [0.3, 0.4) is 0 Å². The van der Waals surface area contributed by atoms with Gasteiger partial charge < -0.3 is 5.32 Å². The second-order valence-electron chi connectivity index (χ2n) is 2.53. The molecule has 0 aromatic rings. The van der Waals surface area contributed by atoms with Crippen molar-refractivity contribution in [2.45, 2.75) is 19.9 Å². The summed E-state index contributed by atoms with van der Waals surface area (Å²) in [5.74, 6) is 0. The molecule has 0 fully saturated rings. The van der Waals surface area contributed by atoms with Crippen LogP contribution in [0.5, 0.6) is 0 Å². The van der Waals surface area contributed by atoms with E-state index in [1.54, 1.807) is 6.92 Å². The van der Waals surface area contributed by atoms with Crippen LogP contribution in [-0.4, -0.2) is 18.4 Å². The molecule has 0 aromatic carbocycles. The maximum absolute atomic E-state index is 10.1. The molecule has 0 amide bonds. The third-order valence-corrected chi connectivity index (χ3v) is 1.57. The number of hydrogen-bond donors (Lipinski definition) is 1. The number of nitroso groups, excluding NO2 is 1. The van der Waals surface area contributed by atoms with E-state index in [0.717, 1.165) is 11.4 Å². The van der Waals surface area contributed by atoms with E-state index in [0.29, 0.717) is 6.67 Å². The lowest BCUT2D eigenvalue weighted by Gasteiger charge is -2.12. The van der Waals surface area contributed by atoms with Gasteiger partial charge in [-0.05, 0) is 19.9 Å². The summed E-state index contributed by atoms with van der Waals surface area (Å²) < 4.78 is 0. The van der Waals surface area contributed by atoms with Gasteiger partial charge in [0.15, 0.2) is 0 Å². The van der Waals surface area contributed by atoms with Crippen molar-refractivity contribution < 1.29 is 0 Å². The molecule has 0 saturated heterocycles. The van der Waals surface area contributed by atoms with Crippen molar-refractivity contribution in [3.63, 3.8) is 0 Å². The molecule has 1 N–H and O–H groups in total. The third-order valence-electron chi connectivity index (χ3n) is 1.57. The van der Waals surface area contributed by atoms with E-state index in [1.807, 2.05) is 13.0 Å². The van der Waals surface area contributed by atoms with E-state index in [2.05, 4.69) is 15.5 Å². The second kappa shape index (κ2) is 3.27. The molecule has 1 aliphatic heterocycles. The molecule has 11 heavy (non-hydrogen) atoms. The van der Waals surface area contributed by atoms with Gasteiger partial charge in [-0.2, -0.15) is 4.91 Å². The average molecular weight is 153 g/mol. The molecule has 0 saturated carbocycles. The summed E-state index contributed by atoms with van der Waals surface area (Å²) in [6.07, 6.45) is 1.84. The highest BCUT2D eigenvalue weighted by Gasteiger charge is 2.10. The Labute approximate surface area is 65.4 Å². The van der Waals surface area contributed by atoms with E-state index in [-0.39, 0.29) is 6.04 Å². The minimum Gasteiger partial charge on any atom is -0.370 e. The quantitative estimate of drug-likeness (QED) is 0.603. The predicted octanol–water partition coefficient (Wildman–Crippen LogP) is 1.05. The summed E-state index contributed by atoms with van der Waals surface area (Å²) in [5.41, 5.74) is 1.79. The minimum absolute atomic E-state index is 0.327. The zero-order valence-electron chi connectivity index (χ0n) is 6.66. The lowest BCUT2D eigenvalue weighted by molar-refractivity contribution is 0.799. The Morgan fingerprint density at radius 2 is 2.55 bits per heavy atom. The first-order chi connectivity index (χ1) is 5.24. The SMILES string of the molecule is CC1=CC(C(C)N=O)=NCN1. The molecule has 1 unspecified atom stereocenters. The van der Waals surface area contributed by atoms with E-state index in [9.17, 15) is 4.91 Å². The van der Waals surface area contributed by atoms with Gasteiger partial charge in [0.2, 0.25) is 0 Å². The molecule has 1 rings (SSSR count). The Kier molecular flexibility index (Phi) is 2.36. The zero-order valence-corrected chi connectivity index (χ0v) is 6.66. The van der Waals surface area contributed by atoms with Gasteiger partial charge in [0.25, 0.3) is 0 Å². The fraction of sp³-hybridized carbons (Fsp3) is 0.571. The molecule has 4 heteroatoms. The van der Waals surface area contributed by atoms with Crippen molar-refractivity contribution in [3.05, 3.63) is 16.7 Å². The Morgan fingerprint density at radius 3 is 3.09 bits per heavy atom. The first-order valence-corrected chi connectivity index (χ1v) is 3.53. The van der Waals surface area contributed by atoms with E-state index >= 15 is 0 Å². The summed E-state index contributed by atoms with van der Waals surface area (Å²) in [5, 5.41) is 5.91. The van der Waals surface area contributed by atoms with E-state index in [1.165, 1.54) is 0 Å². The normalized spacial score (nSPS) is 19.5. The van der Waals surface area contributed by atoms with Crippen molar-refractivity contribution in [1.82, 2.24) is 5.32 Å². The van der Waals surface area contributed by atoms with Crippen LogP contribution < -0.4 is 5.32 Å². The molecule has 1 heterocycles. The van der Waals surface area contributed by atoms with Crippen molar-refractivity contribution in [2.24, 2.45) is 10.2 Å². The maximum Gasteiger partial charge on any atom is 0.131 e. The molecule has 1 atom stereocenters. The van der Waals surface area contributed by atoms with Crippen LogP contribution in [0, 0.1) is 4.91 Å². The Bertz CT molecular complexity index is 220.